The first-order chi connectivity index (χ1) is 10.4. The van der Waals surface area contributed by atoms with Gasteiger partial charge in [0.1, 0.15) is 0 Å². The summed E-state index contributed by atoms with van der Waals surface area (Å²) < 4.78 is 0. The number of benzene rings is 1. The Hall–Kier alpha value is -1.88. The van der Waals surface area contributed by atoms with Gasteiger partial charge in [-0.05, 0) is 37.6 Å². The number of carboxylic acids is 1. The van der Waals surface area contributed by atoms with Crippen molar-refractivity contribution in [2.75, 3.05) is 26.7 Å². The zero-order valence-corrected chi connectivity index (χ0v) is 13.5. The molecule has 1 amide bonds. The van der Waals surface area contributed by atoms with E-state index in [1.807, 2.05) is 11.0 Å². The first-order valence-electron chi connectivity index (χ1n) is 7.73. The fourth-order valence-electron chi connectivity index (χ4n) is 2.97. The number of rotatable bonds is 4. The number of carbonyl (C=O) groups excluding carboxylic acids is 1. The van der Waals surface area contributed by atoms with Crippen molar-refractivity contribution in [1.82, 2.24) is 9.80 Å². The standard InChI is InChI=1S/C17H24N2O3/c1-4-14-11-18(3)7-8-19(14)16(20)10-13-6-5-12(2)15(9-13)17(21)22/h5-6,9,14H,4,7-8,10-11H2,1-3H3,(H,21,22). The molecule has 0 radical (unpaired) electrons. The molecule has 0 saturated carbocycles. The Morgan fingerprint density at radius 3 is 2.68 bits per heavy atom. The lowest BCUT2D eigenvalue weighted by molar-refractivity contribution is -0.135. The van der Waals surface area contributed by atoms with Gasteiger partial charge in [-0.3, -0.25) is 4.79 Å². The third kappa shape index (κ3) is 3.65. The average Bonchev–Trinajstić information content (AvgIpc) is 2.48. The van der Waals surface area contributed by atoms with Gasteiger partial charge in [-0.15, -0.1) is 0 Å². The van der Waals surface area contributed by atoms with Gasteiger partial charge < -0.3 is 14.9 Å². The Labute approximate surface area is 131 Å². The Balaban J connectivity index is 2.11. The summed E-state index contributed by atoms with van der Waals surface area (Å²) in [7, 11) is 2.07. The zero-order chi connectivity index (χ0) is 16.3. The van der Waals surface area contributed by atoms with Crippen molar-refractivity contribution < 1.29 is 14.7 Å². The van der Waals surface area contributed by atoms with Crippen LogP contribution in [0.2, 0.25) is 0 Å². The van der Waals surface area contributed by atoms with Crippen LogP contribution in [0.25, 0.3) is 0 Å². The number of aromatic carboxylic acids is 1. The molecule has 1 aromatic rings. The molecular formula is C17H24N2O3. The number of carboxylic acid groups (broad SMARTS) is 1. The quantitative estimate of drug-likeness (QED) is 0.921. The van der Waals surface area contributed by atoms with E-state index >= 15 is 0 Å². The first-order valence-corrected chi connectivity index (χ1v) is 7.73. The molecule has 2 rings (SSSR count). The van der Waals surface area contributed by atoms with Crippen LogP contribution >= 0.6 is 0 Å². The molecule has 1 unspecified atom stereocenters. The van der Waals surface area contributed by atoms with Crippen molar-refractivity contribution in [3.63, 3.8) is 0 Å². The molecule has 1 fully saturated rings. The SMILES string of the molecule is CCC1CN(C)CCN1C(=O)Cc1ccc(C)c(C(=O)O)c1. The van der Waals surface area contributed by atoms with Gasteiger partial charge in [0.15, 0.2) is 0 Å². The maximum Gasteiger partial charge on any atom is 0.335 e. The van der Waals surface area contributed by atoms with Crippen molar-refractivity contribution in [3.8, 4) is 0 Å². The summed E-state index contributed by atoms with van der Waals surface area (Å²) in [5.41, 5.74) is 1.76. The molecule has 0 spiro atoms. The van der Waals surface area contributed by atoms with Gasteiger partial charge in [0.25, 0.3) is 0 Å². The minimum atomic E-state index is -0.946. The fourth-order valence-corrected chi connectivity index (χ4v) is 2.97. The molecule has 1 aliphatic rings. The van der Waals surface area contributed by atoms with E-state index in [0.29, 0.717) is 0 Å². The number of hydrogen-bond acceptors (Lipinski definition) is 3. The molecule has 0 aliphatic carbocycles. The molecule has 120 valence electrons. The number of amides is 1. The molecule has 1 atom stereocenters. The van der Waals surface area contributed by atoms with E-state index in [-0.39, 0.29) is 23.9 Å². The summed E-state index contributed by atoms with van der Waals surface area (Å²) in [4.78, 5) is 28.0. The van der Waals surface area contributed by atoms with Gasteiger partial charge in [0.05, 0.1) is 12.0 Å². The predicted octanol–water partition coefficient (Wildman–Crippen LogP) is 1.79. The summed E-state index contributed by atoms with van der Waals surface area (Å²) >= 11 is 0. The van der Waals surface area contributed by atoms with Gasteiger partial charge in [-0.1, -0.05) is 19.1 Å². The van der Waals surface area contributed by atoms with E-state index < -0.39 is 5.97 Å². The van der Waals surface area contributed by atoms with Crippen LogP contribution in [0.4, 0.5) is 0 Å². The molecule has 1 aromatic carbocycles. The molecule has 1 saturated heterocycles. The molecule has 0 bridgehead atoms. The third-order valence-corrected chi connectivity index (χ3v) is 4.37. The lowest BCUT2D eigenvalue weighted by Gasteiger charge is -2.39. The van der Waals surface area contributed by atoms with Crippen LogP contribution < -0.4 is 0 Å². The van der Waals surface area contributed by atoms with Crippen molar-refractivity contribution in [2.24, 2.45) is 0 Å². The second-order valence-electron chi connectivity index (χ2n) is 6.04. The largest absolute Gasteiger partial charge is 0.478 e. The van der Waals surface area contributed by atoms with E-state index in [1.54, 1.807) is 19.1 Å². The van der Waals surface area contributed by atoms with Gasteiger partial charge in [-0.25, -0.2) is 4.79 Å². The van der Waals surface area contributed by atoms with Crippen LogP contribution in [0.1, 0.15) is 34.8 Å². The summed E-state index contributed by atoms with van der Waals surface area (Å²) in [5.74, 6) is -0.863. The molecule has 1 aliphatic heterocycles. The number of aryl methyl sites for hydroxylation is 1. The van der Waals surface area contributed by atoms with Crippen LogP contribution in [0.5, 0.6) is 0 Å². The van der Waals surface area contributed by atoms with Crippen molar-refractivity contribution >= 4 is 11.9 Å². The molecular weight excluding hydrogens is 280 g/mol. The molecule has 1 N–H and O–H groups in total. The Kier molecular flexibility index (Phi) is 5.19. The van der Waals surface area contributed by atoms with E-state index in [1.165, 1.54) is 0 Å². The lowest BCUT2D eigenvalue weighted by Crippen LogP contribution is -2.54. The van der Waals surface area contributed by atoms with Gasteiger partial charge >= 0.3 is 5.97 Å². The maximum atomic E-state index is 12.6. The molecule has 5 heteroatoms. The number of likely N-dealkylation sites (N-methyl/N-ethyl adjacent to an activating group) is 1. The second-order valence-corrected chi connectivity index (χ2v) is 6.04. The summed E-state index contributed by atoms with van der Waals surface area (Å²) in [5, 5.41) is 9.18. The van der Waals surface area contributed by atoms with E-state index in [9.17, 15) is 14.7 Å². The smallest absolute Gasteiger partial charge is 0.335 e. The van der Waals surface area contributed by atoms with Crippen LogP contribution in [0.3, 0.4) is 0 Å². The Morgan fingerprint density at radius 1 is 1.32 bits per heavy atom. The van der Waals surface area contributed by atoms with E-state index in [0.717, 1.165) is 37.2 Å². The number of carbonyl (C=O) groups is 2. The number of nitrogens with zero attached hydrogens (tertiary/aromatic N) is 2. The molecule has 22 heavy (non-hydrogen) atoms. The molecule has 1 heterocycles. The number of piperazine rings is 1. The summed E-state index contributed by atoms with van der Waals surface area (Å²) in [6.45, 7) is 6.39. The van der Waals surface area contributed by atoms with Crippen LogP contribution in [0, 0.1) is 6.92 Å². The minimum absolute atomic E-state index is 0.0835. The van der Waals surface area contributed by atoms with Crippen molar-refractivity contribution in [3.05, 3.63) is 34.9 Å². The topological polar surface area (TPSA) is 60.9 Å². The summed E-state index contributed by atoms with van der Waals surface area (Å²) in [6, 6.07) is 5.48. The van der Waals surface area contributed by atoms with Gasteiger partial charge in [0.2, 0.25) is 5.91 Å². The maximum absolute atomic E-state index is 12.6. The minimum Gasteiger partial charge on any atom is -0.478 e. The zero-order valence-electron chi connectivity index (χ0n) is 13.5. The van der Waals surface area contributed by atoms with E-state index in [2.05, 4.69) is 18.9 Å². The monoisotopic (exact) mass is 304 g/mol. The Morgan fingerprint density at radius 2 is 2.05 bits per heavy atom. The average molecular weight is 304 g/mol. The highest BCUT2D eigenvalue weighted by molar-refractivity contribution is 5.90. The van der Waals surface area contributed by atoms with Crippen LogP contribution in [0.15, 0.2) is 18.2 Å². The van der Waals surface area contributed by atoms with Gasteiger partial charge in [-0.2, -0.15) is 0 Å². The highest BCUT2D eigenvalue weighted by atomic mass is 16.4. The van der Waals surface area contributed by atoms with Crippen molar-refractivity contribution in [1.29, 1.82) is 0 Å². The van der Waals surface area contributed by atoms with Crippen molar-refractivity contribution in [2.45, 2.75) is 32.7 Å². The molecule has 0 aromatic heterocycles. The third-order valence-electron chi connectivity index (χ3n) is 4.37. The van der Waals surface area contributed by atoms with Crippen LogP contribution in [-0.4, -0.2) is 59.5 Å². The first kappa shape index (κ1) is 16.5. The molecule has 5 nitrogen and oxygen atoms in total. The normalized spacial score (nSPS) is 19.2. The Bertz CT molecular complexity index is 571. The highest BCUT2D eigenvalue weighted by Crippen LogP contribution is 2.16. The highest BCUT2D eigenvalue weighted by Gasteiger charge is 2.27. The fraction of sp³-hybridized carbons (Fsp3) is 0.529. The lowest BCUT2D eigenvalue weighted by atomic mass is 10.0. The predicted molar refractivity (Wildman–Crippen MR) is 85.1 cm³/mol. The summed E-state index contributed by atoms with van der Waals surface area (Å²) in [6.07, 6.45) is 1.20. The second kappa shape index (κ2) is 6.92. The van der Waals surface area contributed by atoms with Crippen LogP contribution in [-0.2, 0) is 11.2 Å². The van der Waals surface area contributed by atoms with E-state index in [4.69, 9.17) is 0 Å². The van der Waals surface area contributed by atoms with Gasteiger partial charge in [0, 0.05) is 25.7 Å². The number of hydrogen-bond donors (Lipinski definition) is 1.